The Bertz CT molecular complexity index is 197. The minimum Gasteiger partial charge on any atom is -0.379 e. The molecule has 0 bridgehead atoms. The van der Waals surface area contributed by atoms with E-state index >= 15 is 0 Å². The molecule has 7 nitrogen and oxygen atoms in total. The zero-order valence-corrected chi connectivity index (χ0v) is 7.29. The molecular formula is C6H14N6O. The largest absolute Gasteiger partial charge is 0.379 e. The first kappa shape index (κ1) is 9.75. The molecule has 0 saturated carbocycles. The second kappa shape index (κ2) is 4.06. The van der Waals surface area contributed by atoms with Crippen LogP contribution >= 0.6 is 0 Å². The van der Waals surface area contributed by atoms with Crippen molar-refractivity contribution in [2.24, 2.45) is 11.5 Å². The van der Waals surface area contributed by atoms with Gasteiger partial charge in [0.2, 0.25) is 11.9 Å². The zero-order chi connectivity index (χ0) is 9.84. The molecule has 1 rings (SSSR count). The van der Waals surface area contributed by atoms with Gasteiger partial charge in [-0.3, -0.25) is 10.8 Å². The van der Waals surface area contributed by atoms with Crippen molar-refractivity contribution in [2.45, 2.75) is 0 Å². The van der Waals surface area contributed by atoms with Gasteiger partial charge >= 0.3 is 0 Å². The van der Waals surface area contributed by atoms with Gasteiger partial charge < -0.3 is 16.2 Å². The minimum absolute atomic E-state index is 0.241. The highest BCUT2D eigenvalue weighted by molar-refractivity contribution is 5.93. The molecule has 74 valence electrons. The van der Waals surface area contributed by atoms with E-state index in [0.717, 1.165) is 0 Å². The number of nitrogens with one attached hydrogen (secondary N) is 2. The van der Waals surface area contributed by atoms with Gasteiger partial charge in [-0.25, -0.2) is 10.0 Å². The molecule has 1 aliphatic rings. The predicted octanol–water partition coefficient (Wildman–Crippen LogP) is -1.68. The fraction of sp³-hybridized carbons (Fsp3) is 0.667. The number of hydrazine groups is 1. The van der Waals surface area contributed by atoms with Gasteiger partial charge in [0.05, 0.1) is 13.2 Å². The lowest BCUT2D eigenvalue weighted by Crippen LogP contribution is -2.58. The molecule has 6 N–H and O–H groups in total. The van der Waals surface area contributed by atoms with Crippen LogP contribution in [-0.4, -0.2) is 48.2 Å². The number of rotatable bonds is 1. The molecule has 0 atom stereocenters. The standard InChI is InChI=1S/C6H14N6O/c7-5(8)12(6(9)10)11-1-3-13-4-2-11/h1-4H2,(H3,7,8)(H3,9,10). The smallest absolute Gasteiger partial charge is 0.210 e. The van der Waals surface area contributed by atoms with Crippen LogP contribution in [-0.2, 0) is 4.74 Å². The molecule has 0 aliphatic carbocycles. The molecule has 0 unspecified atom stereocenters. The van der Waals surface area contributed by atoms with Crippen molar-refractivity contribution in [1.29, 1.82) is 10.8 Å². The average Bonchev–Trinajstić information content (AvgIpc) is 2.04. The summed E-state index contributed by atoms with van der Waals surface area (Å²) < 4.78 is 5.12. The van der Waals surface area contributed by atoms with Crippen LogP contribution < -0.4 is 11.5 Å². The molecular weight excluding hydrogens is 172 g/mol. The Hall–Kier alpha value is -1.34. The van der Waals surface area contributed by atoms with Crippen molar-refractivity contribution in [2.75, 3.05) is 26.3 Å². The maximum atomic E-state index is 7.22. The fourth-order valence-electron chi connectivity index (χ4n) is 1.19. The van der Waals surface area contributed by atoms with E-state index in [1.165, 1.54) is 5.01 Å². The van der Waals surface area contributed by atoms with E-state index in [4.69, 9.17) is 27.0 Å². The average molecular weight is 186 g/mol. The second-order valence-electron chi connectivity index (χ2n) is 2.65. The second-order valence-corrected chi connectivity index (χ2v) is 2.65. The Balaban J connectivity index is 2.62. The highest BCUT2D eigenvalue weighted by Gasteiger charge is 2.21. The molecule has 0 aromatic carbocycles. The van der Waals surface area contributed by atoms with Gasteiger partial charge in [-0.15, -0.1) is 0 Å². The number of guanidine groups is 2. The van der Waals surface area contributed by atoms with Crippen LogP contribution in [0.1, 0.15) is 0 Å². The third kappa shape index (κ3) is 2.30. The van der Waals surface area contributed by atoms with E-state index < -0.39 is 0 Å². The topological polar surface area (TPSA) is 115 Å². The van der Waals surface area contributed by atoms with Crippen molar-refractivity contribution < 1.29 is 4.74 Å². The van der Waals surface area contributed by atoms with Crippen LogP contribution in [0.3, 0.4) is 0 Å². The normalized spacial score (nSPS) is 18.2. The number of hydrogen-bond acceptors (Lipinski definition) is 4. The maximum Gasteiger partial charge on any atom is 0.210 e. The van der Waals surface area contributed by atoms with Crippen LogP contribution in [0.2, 0.25) is 0 Å². The minimum atomic E-state index is -0.241. The predicted molar refractivity (Wildman–Crippen MR) is 48.1 cm³/mol. The van der Waals surface area contributed by atoms with E-state index in [0.29, 0.717) is 26.3 Å². The molecule has 1 aliphatic heterocycles. The molecule has 0 radical (unpaired) electrons. The van der Waals surface area contributed by atoms with Crippen LogP contribution in [0, 0.1) is 10.8 Å². The lowest BCUT2D eigenvalue weighted by atomic mass is 10.5. The molecule has 0 spiro atoms. The summed E-state index contributed by atoms with van der Waals surface area (Å²) in [6, 6.07) is 0. The molecule has 7 heteroatoms. The monoisotopic (exact) mass is 186 g/mol. The third-order valence-electron chi connectivity index (χ3n) is 1.73. The van der Waals surface area contributed by atoms with Crippen molar-refractivity contribution in [3.63, 3.8) is 0 Å². The van der Waals surface area contributed by atoms with Crippen LogP contribution in [0.4, 0.5) is 0 Å². The van der Waals surface area contributed by atoms with Gasteiger partial charge in [0.1, 0.15) is 0 Å². The van der Waals surface area contributed by atoms with E-state index in [9.17, 15) is 0 Å². The first-order valence-electron chi connectivity index (χ1n) is 3.93. The van der Waals surface area contributed by atoms with E-state index in [1.54, 1.807) is 5.01 Å². The van der Waals surface area contributed by atoms with Gasteiger partial charge in [0.15, 0.2) is 0 Å². The Labute approximate surface area is 76.2 Å². The first-order chi connectivity index (χ1) is 6.13. The summed E-state index contributed by atoms with van der Waals surface area (Å²) in [5, 5.41) is 17.3. The quantitative estimate of drug-likeness (QED) is 0.288. The van der Waals surface area contributed by atoms with Gasteiger partial charge in [-0.2, -0.15) is 0 Å². The molecule has 0 amide bonds. The summed E-state index contributed by atoms with van der Waals surface area (Å²) in [5.41, 5.74) is 10.5. The maximum absolute atomic E-state index is 7.22. The molecule has 13 heavy (non-hydrogen) atoms. The summed E-state index contributed by atoms with van der Waals surface area (Å²) in [6.45, 7) is 2.33. The van der Waals surface area contributed by atoms with Gasteiger partial charge in [0, 0.05) is 13.1 Å². The van der Waals surface area contributed by atoms with Crippen LogP contribution in [0.15, 0.2) is 0 Å². The number of nitrogens with zero attached hydrogens (tertiary/aromatic N) is 2. The van der Waals surface area contributed by atoms with E-state index in [1.807, 2.05) is 0 Å². The zero-order valence-electron chi connectivity index (χ0n) is 7.29. The van der Waals surface area contributed by atoms with E-state index in [-0.39, 0.29) is 11.9 Å². The lowest BCUT2D eigenvalue weighted by molar-refractivity contribution is -0.0216. The summed E-state index contributed by atoms with van der Waals surface area (Å²) in [4.78, 5) is 0. The molecule has 1 saturated heterocycles. The van der Waals surface area contributed by atoms with E-state index in [2.05, 4.69) is 0 Å². The number of morpholine rings is 1. The highest BCUT2D eigenvalue weighted by Crippen LogP contribution is 2.01. The molecule has 1 fully saturated rings. The lowest BCUT2D eigenvalue weighted by Gasteiger charge is -2.35. The van der Waals surface area contributed by atoms with Gasteiger partial charge in [-0.05, 0) is 0 Å². The highest BCUT2D eigenvalue weighted by atomic mass is 16.5. The van der Waals surface area contributed by atoms with Gasteiger partial charge in [-0.1, -0.05) is 0 Å². The molecule has 0 aromatic rings. The van der Waals surface area contributed by atoms with Crippen molar-refractivity contribution in [1.82, 2.24) is 10.0 Å². The number of ether oxygens (including phenoxy) is 1. The number of nitrogens with two attached hydrogens (primary N) is 2. The Kier molecular flexibility index (Phi) is 3.04. The first-order valence-corrected chi connectivity index (χ1v) is 3.93. The summed E-state index contributed by atoms with van der Waals surface area (Å²) in [6.07, 6.45) is 0. The van der Waals surface area contributed by atoms with Crippen molar-refractivity contribution in [3.05, 3.63) is 0 Å². The third-order valence-corrected chi connectivity index (χ3v) is 1.73. The molecule has 1 heterocycles. The summed E-state index contributed by atoms with van der Waals surface area (Å²) in [5.74, 6) is -0.483. The van der Waals surface area contributed by atoms with Crippen molar-refractivity contribution >= 4 is 11.9 Å². The van der Waals surface area contributed by atoms with Crippen molar-refractivity contribution in [3.8, 4) is 0 Å². The van der Waals surface area contributed by atoms with Crippen LogP contribution in [0.25, 0.3) is 0 Å². The number of hydrogen-bond donors (Lipinski definition) is 4. The molecule has 0 aromatic heterocycles. The fourth-order valence-corrected chi connectivity index (χ4v) is 1.19. The summed E-state index contributed by atoms with van der Waals surface area (Å²) in [7, 11) is 0. The van der Waals surface area contributed by atoms with Gasteiger partial charge in [0.25, 0.3) is 0 Å². The summed E-state index contributed by atoms with van der Waals surface area (Å²) >= 11 is 0. The Morgan fingerprint density at radius 2 is 1.62 bits per heavy atom. The Morgan fingerprint density at radius 3 is 2.00 bits per heavy atom. The Morgan fingerprint density at radius 1 is 1.15 bits per heavy atom. The SMILES string of the molecule is N=C(N)N(C(=N)N)N1CCOCC1. The van der Waals surface area contributed by atoms with Crippen LogP contribution in [0.5, 0.6) is 0 Å².